The summed E-state index contributed by atoms with van der Waals surface area (Å²) in [7, 11) is 3.53. The highest BCUT2D eigenvalue weighted by Crippen LogP contribution is 2.28. The van der Waals surface area contributed by atoms with Crippen molar-refractivity contribution in [1.82, 2.24) is 29.7 Å². The average Bonchev–Trinajstić information content (AvgIpc) is 3.24. The fraction of sp³-hybridized carbons (Fsp3) is 0.542. The van der Waals surface area contributed by atoms with E-state index < -0.39 is 0 Å². The molecule has 4 rings (SSSR count). The van der Waals surface area contributed by atoms with Crippen molar-refractivity contribution < 1.29 is 14.2 Å². The number of ether oxygens (including phenoxy) is 3. The maximum Gasteiger partial charge on any atom is 0.226 e. The van der Waals surface area contributed by atoms with E-state index >= 15 is 0 Å². The third-order valence-electron chi connectivity index (χ3n) is 5.89. The SMILES string of the molecule is CCc1nc(-c2cnn(C)c2CNc2nccc(OCCOC)n2)ncc1OC1CCCCC1. The Hall–Kier alpha value is -3.27. The van der Waals surface area contributed by atoms with Gasteiger partial charge >= 0.3 is 0 Å². The topological polar surface area (TPSA) is 109 Å². The number of aromatic nitrogens is 6. The van der Waals surface area contributed by atoms with Crippen molar-refractivity contribution in [2.45, 2.75) is 58.1 Å². The summed E-state index contributed by atoms with van der Waals surface area (Å²) in [6, 6.07) is 1.72. The summed E-state index contributed by atoms with van der Waals surface area (Å²) in [6.07, 6.45) is 12.2. The molecule has 10 nitrogen and oxygen atoms in total. The molecule has 3 aromatic heterocycles. The Kier molecular flexibility index (Phi) is 8.24. The zero-order valence-corrected chi connectivity index (χ0v) is 20.2. The number of anilines is 1. The molecular weight excluding hydrogens is 434 g/mol. The van der Waals surface area contributed by atoms with Crippen LogP contribution in [-0.2, 0) is 24.8 Å². The number of hydrogen-bond donors (Lipinski definition) is 1. The summed E-state index contributed by atoms with van der Waals surface area (Å²) >= 11 is 0. The van der Waals surface area contributed by atoms with Gasteiger partial charge in [-0.25, -0.2) is 15.0 Å². The lowest BCUT2D eigenvalue weighted by molar-refractivity contribution is 0.143. The first-order valence-corrected chi connectivity index (χ1v) is 11.9. The second kappa shape index (κ2) is 11.7. The summed E-state index contributed by atoms with van der Waals surface area (Å²) in [5, 5.41) is 7.68. The third kappa shape index (κ3) is 5.99. The van der Waals surface area contributed by atoms with Crippen molar-refractivity contribution >= 4 is 5.95 Å². The molecule has 0 spiro atoms. The van der Waals surface area contributed by atoms with E-state index in [0.29, 0.717) is 37.4 Å². The van der Waals surface area contributed by atoms with E-state index in [2.05, 4.69) is 32.3 Å². The van der Waals surface area contributed by atoms with E-state index in [1.807, 2.05) is 17.9 Å². The van der Waals surface area contributed by atoms with E-state index in [1.165, 1.54) is 19.3 Å². The molecule has 1 N–H and O–H groups in total. The van der Waals surface area contributed by atoms with Gasteiger partial charge in [0.05, 0.1) is 48.6 Å². The molecular formula is C24H33N7O3. The summed E-state index contributed by atoms with van der Waals surface area (Å²) in [5.74, 6) is 2.38. The van der Waals surface area contributed by atoms with Gasteiger partial charge in [-0.15, -0.1) is 0 Å². The van der Waals surface area contributed by atoms with Crippen molar-refractivity contribution in [1.29, 1.82) is 0 Å². The Labute approximate surface area is 200 Å². The molecule has 0 amide bonds. The van der Waals surface area contributed by atoms with Crippen molar-refractivity contribution in [2.75, 3.05) is 25.6 Å². The van der Waals surface area contributed by atoms with Crippen LogP contribution in [0, 0.1) is 0 Å². The van der Waals surface area contributed by atoms with Gasteiger partial charge in [-0.2, -0.15) is 10.1 Å². The Balaban J connectivity index is 1.47. The van der Waals surface area contributed by atoms with Gasteiger partial charge in [0.15, 0.2) is 11.6 Å². The van der Waals surface area contributed by atoms with Gasteiger partial charge in [0.2, 0.25) is 11.8 Å². The molecule has 3 aromatic rings. The van der Waals surface area contributed by atoms with Gasteiger partial charge < -0.3 is 19.5 Å². The minimum absolute atomic E-state index is 0.265. The maximum absolute atomic E-state index is 6.26. The second-order valence-corrected chi connectivity index (χ2v) is 8.28. The normalized spacial score (nSPS) is 14.2. The first-order valence-electron chi connectivity index (χ1n) is 11.9. The number of aryl methyl sites for hydroxylation is 2. The maximum atomic E-state index is 6.26. The van der Waals surface area contributed by atoms with E-state index in [9.17, 15) is 0 Å². The Morgan fingerprint density at radius 1 is 1.09 bits per heavy atom. The predicted octanol–water partition coefficient (Wildman–Crippen LogP) is 3.58. The van der Waals surface area contributed by atoms with Crippen LogP contribution in [0.5, 0.6) is 11.6 Å². The van der Waals surface area contributed by atoms with Gasteiger partial charge in [0.25, 0.3) is 0 Å². The summed E-state index contributed by atoms with van der Waals surface area (Å²) in [4.78, 5) is 18.1. The van der Waals surface area contributed by atoms with Crippen LogP contribution in [0.25, 0.3) is 11.4 Å². The zero-order valence-electron chi connectivity index (χ0n) is 20.2. The first kappa shape index (κ1) is 23.9. The highest BCUT2D eigenvalue weighted by atomic mass is 16.5. The Morgan fingerprint density at radius 2 is 1.94 bits per heavy atom. The van der Waals surface area contributed by atoms with E-state index in [4.69, 9.17) is 19.2 Å². The van der Waals surface area contributed by atoms with E-state index in [-0.39, 0.29) is 6.10 Å². The van der Waals surface area contributed by atoms with Crippen LogP contribution in [0.2, 0.25) is 0 Å². The van der Waals surface area contributed by atoms with Crippen LogP contribution in [0.3, 0.4) is 0 Å². The number of nitrogens with one attached hydrogen (secondary N) is 1. The second-order valence-electron chi connectivity index (χ2n) is 8.28. The molecule has 182 valence electrons. The average molecular weight is 468 g/mol. The zero-order chi connectivity index (χ0) is 23.8. The Bertz CT molecular complexity index is 1070. The van der Waals surface area contributed by atoms with Crippen LogP contribution < -0.4 is 14.8 Å². The highest BCUT2D eigenvalue weighted by Gasteiger charge is 2.19. The van der Waals surface area contributed by atoms with E-state index in [0.717, 1.165) is 42.0 Å². The molecule has 0 bridgehead atoms. The molecule has 1 fully saturated rings. The molecule has 0 radical (unpaired) electrons. The molecule has 1 aliphatic rings. The van der Waals surface area contributed by atoms with Gasteiger partial charge in [-0.05, 0) is 32.1 Å². The fourth-order valence-corrected chi connectivity index (χ4v) is 4.01. The quantitative estimate of drug-likeness (QED) is 0.423. The summed E-state index contributed by atoms with van der Waals surface area (Å²) < 4.78 is 18.6. The molecule has 1 saturated carbocycles. The molecule has 0 saturated heterocycles. The van der Waals surface area contributed by atoms with Crippen LogP contribution in [-0.4, -0.2) is 56.1 Å². The van der Waals surface area contributed by atoms with Crippen molar-refractivity contribution in [3.8, 4) is 23.0 Å². The third-order valence-corrected chi connectivity index (χ3v) is 5.89. The monoisotopic (exact) mass is 467 g/mol. The van der Waals surface area contributed by atoms with Crippen molar-refractivity contribution in [2.24, 2.45) is 7.05 Å². The Morgan fingerprint density at radius 3 is 2.74 bits per heavy atom. The molecule has 1 aliphatic carbocycles. The lowest BCUT2D eigenvalue weighted by Gasteiger charge is -2.23. The fourth-order valence-electron chi connectivity index (χ4n) is 4.01. The molecule has 34 heavy (non-hydrogen) atoms. The minimum atomic E-state index is 0.265. The molecule has 0 aliphatic heterocycles. The lowest BCUT2D eigenvalue weighted by Crippen LogP contribution is -2.20. The van der Waals surface area contributed by atoms with Crippen LogP contribution in [0.15, 0.2) is 24.7 Å². The number of hydrogen-bond acceptors (Lipinski definition) is 9. The standard InChI is InChI=1S/C24H33N7O3/c1-4-19-21(34-17-8-6-5-7-9-17)16-26-23(29-19)18-14-28-31(2)20(18)15-27-24-25-11-10-22(30-24)33-13-12-32-3/h10-11,14,16-17H,4-9,12-13,15H2,1-3H3,(H,25,27,30). The van der Waals surface area contributed by atoms with Gasteiger partial charge in [0, 0.05) is 26.4 Å². The first-order chi connectivity index (χ1) is 16.7. The van der Waals surface area contributed by atoms with Gasteiger partial charge in [0.1, 0.15) is 6.61 Å². The summed E-state index contributed by atoms with van der Waals surface area (Å²) in [5.41, 5.74) is 2.71. The van der Waals surface area contributed by atoms with E-state index in [1.54, 1.807) is 25.6 Å². The number of rotatable bonds is 11. The summed E-state index contributed by atoms with van der Waals surface area (Å²) in [6.45, 7) is 3.47. The van der Waals surface area contributed by atoms with Crippen LogP contribution in [0.1, 0.15) is 50.4 Å². The highest BCUT2D eigenvalue weighted by molar-refractivity contribution is 5.58. The largest absolute Gasteiger partial charge is 0.487 e. The number of methoxy groups -OCH3 is 1. The smallest absolute Gasteiger partial charge is 0.226 e. The predicted molar refractivity (Wildman–Crippen MR) is 128 cm³/mol. The lowest BCUT2D eigenvalue weighted by atomic mass is 9.98. The van der Waals surface area contributed by atoms with Crippen molar-refractivity contribution in [3.63, 3.8) is 0 Å². The van der Waals surface area contributed by atoms with Crippen LogP contribution in [0.4, 0.5) is 5.95 Å². The van der Waals surface area contributed by atoms with Gasteiger partial charge in [-0.3, -0.25) is 4.68 Å². The van der Waals surface area contributed by atoms with Crippen molar-refractivity contribution in [3.05, 3.63) is 36.0 Å². The van der Waals surface area contributed by atoms with Gasteiger partial charge in [-0.1, -0.05) is 13.3 Å². The molecule has 10 heteroatoms. The minimum Gasteiger partial charge on any atom is -0.487 e. The van der Waals surface area contributed by atoms with Crippen LogP contribution >= 0.6 is 0 Å². The molecule has 0 atom stereocenters. The molecule has 0 aromatic carbocycles. The molecule has 3 heterocycles. The number of nitrogens with zero attached hydrogens (tertiary/aromatic N) is 6. The molecule has 0 unspecified atom stereocenters.